The molecule has 0 radical (unpaired) electrons. The average molecular weight is 310 g/mol. The van der Waals surface area contributed by atoms with Crippen molar-refractivity contribution in [2.24, 2.45) is 5.73 Å². The lowest BCUT2D eigenvalue weighted by molar-refractivity contribution is -0.160. The fourth-order valence-electron chi connectivity index (χ4n) is 1.93. The maximum Gasteiger partial charge on any atom is 0.404 e. The molecule has 0 saturated carbocycles. The second-order valence-corrected chi connectivity index (χ2v) is 5.62. The van der Waals surface area contributed by atoms with Crippen LogP contribution in [0.2, 0.25) is 0 Å². The van der Waals surface area contributed by atoms with Crippen LogP contribution in [0.15, 0.2) is 22.7 Å². The number of alkyl halides is 3. The van der Waals surface area contributed by atoms with Crippen LogP contribution in [0.1, 0.15) is 25.0 Å². The van der Waals surface area contributed by atoms with Gasteiger partial charge in [0.25, 0.3) is 0 Å². The Hall–Kier alpha value is -0.550. The van der Waals surface area contributed by atoms with E-state index in [1.54, 1.807) is 25.1 Å². The molecule has 1 unspecified atom stereocenters. The van der Waals surface area contributed by atoms with E-state index in [1.807, 2.05) is 0 Å². The number of nitrogens with two attached hydrogens (primary N) is 1. The SMILES string of the molecule is Cc1cc(Br)ccc1C(C)(C)C(N)C(F)(F)F. The molecule has 0 fully saturated rings. The van der Waals surface area contributed by atoms with Crippen molar-refractivity contribution in [3.63, 3.8) is 0 Å². The third kappa shape index (κ3) is 3.01. The predicted molar refractivity (Wildman–Crippen MR) is 65.9 cm³/mol. The highest BCUT2D eigenvalue weighted by molar-refractivity contribution is 9.10. The van der Waals surface area contributed by atoms with Gasteiger partial charge in [0.1, 0.15) is 6.04 Å². The first-order chi connectivity index (χ1) is 7.56. The average Bonchev–Trinajstić information content (AvgIpc) is 2.14. The summed E-state index contributed by atoms with van der Waals surface area (Å²) >= 11 is 3.29. The fraction of sp³-hybridized carbons (Fsp3) is 0.500. The molecule has 0 aliphatic rings. The van der Waals surface area contributed by atoms with Crippen molar-refractivity contribution >= 4 is 15.9 Å². The molecule has 1 nitrogen and oxygen atoms in total. The molecule has 0 aliphatic heterocycles. The van der Waals surface area contributed by atoms with Gasteiger partial charge in [0.15, 0.2) is 0 Å². The van der Waals surface area contributed by atoms with Crippen LogP contribution in [-0.4, -0.2) is 12.2 Å². The Kier molecular flexibility index (Phi) is 3.94. The quantitative estimate of drug-likeness (QED) is 0.880. The highest BCUT2D eigenvalue weighted by Gasteiger charge is 2.47. The summed E-state index contributed by atoms with van der Waals surface area (Å²) in [6.07, 6.45) is -4.40. The molecule has 0 aromatic heterocycles. The third-order valence-electron chi connectivity index (χ3n) is 3.01. The smallest absolute Gasteiger partial charge is 0.319 e. The minimum absolute atomic E-state index is 0.616. The van der Waals surface area contributed by atoms with Gasteiger partial charge in [-0.05, 0) is 30.2 Å². The van der Waals surface area contributed by atoms with Crippen molar-refractivity contribution in [3.05, 3.63) is 33.8 Å². The summed E-state index contributed by atoms with van der Waals surface area (Å²) < 4.78 is 39.0. The Labute approximate surface area is 107 Å². The standard InChI is InChI=1S/C12H15BrF3N/c1-7-6-8(13)4-5-9(7)11(2,3)10(17)12(14,15)16/h4-6,10H,17H2,1-3H3. The first-order valence-corrected chi connectivity index (χ1v) is 5.95. The van der Waals surface area contributed by atoms with E-state index in [1.165, 1.54) is 13.8 Å². The molecule has 1 aromatic carbocycles. The van der Waals surface area contributed by atoms with Crippen LogP contribution in [0.3, 0.4) is 0 Å². The first kappa shape index (κ1) is 14.5. The highest BCUT2D eigenvalue weighted by atomic mass is 79.9. The van der Waals surface area contributed by atoms with Gasteiger partial charge in [-0.3, -0.25) is 0 Å². The number of hydrogen-bond acceptors (Lipinski definition) is 1. The lowest BCUT2D eigenvalue weighted by Gasteiger charge is -2.34. The molecular formula is C12H15BrF3N. The highest BCUT2D eigenvalue weighted by Crippen LogP contribution is 2.37. The Balaban J connectivity index is 3.21. The van der Waals surface area contributed by atoms with Gasteiger partial charge in [0.05, 0.1) is 0 Å². The minimum atomic E-state index is -4.40. The molecule has 5 heteroatoms. The number of benzene rings is 1. The monoisotopic (exact) mass is 309 g/mol. The molecule has 2 N–H and O–H groups in total. The van der Waals surface area contributed by atoms with Crippen LogP contribution >= 0.6 is 15.9 Å². The van der Waals surface area contributed by atoms with E-state index in [4.69, 9.17) is 5.73 Å². The van der Waals surface area contributed by atoms with E-state index in [9.17, 15) is 13.2 Å². The van der Waals surface area contributed by atoms with Gasteiger partial charge in [0.2, 0.25) is 0 Å². The summed E-state index contributed by atoms with van der Waals surface area (Å²) in [6.45, 7) is 4.81. The zero-order valence-corrected chi connectivity index (χ0v) is 11.5. The summed E-state index contributed by atoms with van der Waals surface area (Å²) in [5, 5.41) is 0. The lowest BCUT2D eigenvalue weighted by atomic mass is 9.76. The number of hydrogen-bond donors (Lipinski definition) is 1. The molecule has 0 bridgehead atoms. The van der Waals surface area contributed by atoms with Gasteiger partial charge in [-0.1, -0.05) is 35.8 Å². The molecule has 1 atom stereocenters. The van der Waals surface area contributed by atoms with Crippen LogP contribution in [0.5, 0.6) is 0 Å². The van der Waals surface area contributed by atoms with Crippen LogP contribution in [0.4, 0.5) is 13.2 Å². The maximum absolute atomic E-state index is 12.7. The van der Waals surface area contributed by atoms with Crippen LogP contribution in [0.25, 0.3) is 0 Å². The zero-order chi connectivity index (χ0) is 13.4. The Morgan fingerprint density at radius 2 is 1.76 bits per heavy atom. The summed E-state index contributed by atoms with van der Waals surface area (Å²) in [7, 11) is 0. The molecule has 0 heterocycles. The number of aryl methyl sites for hydroxylation is 1. The molecule has 0 spiro atoms. The van der Waals surface area contributed by atoms with Gasteiger partial charge in [0, 0.05) is 9.89 Å². The van der Waals surface area contributed by atoms with Gasteiger partial charge in [-0.15, -0.1) is 0 Å². The van der Waals surface area contributed by atoms with E-state index < -0.39 is 17.6 Å². The zero-order valence-electron chi connectivity index (χ0n) is 9.90. The summed E-state index contributed by atoms with van der Waals surface area (Å²) in [6, 6.07) is 3.33. The van der Waals surface area contributed by atoms with E-state index in [2.05, 4.69) is 15.9 Å². The molecule has 1 aromatic rings. The molecule has 96 valence electrons. The molecule has 0 aliphatic carbocycles. The van der Waals surface area contributed by atoms with E-state index >= 15 is 0 Å². The largest absolute Gasteiger partial charge is 0.404 e. The Morgan fingerprint density at radius 3 is 2.18 bits per heavy atom. The van der Waals surface area contributed by atoms with Gasteiger partial charge in [-0.25, -0.2) is 0 Å². The van der Waals surface area contributed by atoms with Crippen molar-refractivity contribution < 1.29 is 13.2 Å². The Bertz CT molecular complexity index is 413. The normalized spacial score (nSPS) is 14.8. The molecule has 0 saturated heterocycles. The first-order valence-electron chi connectivity index (χ1n) is 5.15. The van der Waals surface area contributed by atoms with Crippen molar-refractivity contribution in [2.45, 2.75) is 38.4 Å². The molecule has 1 rings (SSSR count). The van der Waals surface area contributed by atoms with E-state index in [0.29, 0.717) is 5.56 Å². The maximum atomic E-state index is 12.7. The number of rotatable bonds is 2. The second kappa shape index (κ2) is 4.61. The number of halogens is 4. The topological polar surface area (TPSA) is 26.0 Å². The summed E-state index contributed by atoms with van der Waals surface area (Å²) in [5.74, 6) is 0. The van der Waals surface area contributed by atoms with Gasteiger partial charge < -0.3 is 5.73 Å². The van der Waals surface area contributed by atoms with Crippen LogP contribution < -0.4 is 5.73 Å². The van der Waals surface area contributed by atoms with Gasteiger partial charge in [-0.2, -0.15) is 13.2 Å². The second-order valence-electron chi connectivity index (χ2n) is 4.70. The molecule has 17 heavy (non-hydrogen) atoms. The van der Waals surface area contributed by atoms with Crippen molar-refractivity contribution in [1.82, 2.24) is 0 Å². The summed E-state index contributed by atoms with van der Waals surface area (Å²) in [4.78, 5) is 0. The van der Waals surface area contributed by atoms with Gasteiger partial charge >= 0.3 is 6.18 Å². The fourth-order valence-corrected chi connectivity index (χ4v) is 2.40. The molecule has 0 amide bonds. The Morgan fingerprint density at radius 1 is 1.24 bits per heavy atom. The van der Waals surface area contributed by atoms with Crippen molar-refractivity contribution in [2.75, 3.05) is 0 Å². The van der Waals surface area contributed by atoms with Crippen LogP contribution in [-0.2, 0) is 5.41 Å². The van der Waals surface area contributed by atoms with E-state index in [0.717, 1.165) is 10.0 Å². The lowest BCUT2D eigenvalue weighted by Crippen LogP contribution is -2.51. The van der Waals surface area contributed by atoms with Crippen molar-refractivity contribution in [1.29, 1.82) is 0 Å². The van der Waals surface area contributed by atoms with E-state index in [-0.39, 0.29) is 0 Å². The third-order valence-corrected chi connectivity index (χ3v) is 3.51. The minimum Gasteiger partial charge on any atom is -0.319 e. The van der Waals surface area contributed by atoms with Crippen LogP contribution in [0, 0.1) is 6.92 Å². The summed E-state index contributed by atoms with van der Waals surface area (Å²) in [5.41, 5.74) is 5.59. The molecular weight excluding hydrogens is 295 g/mol. The predicted octanol–water partition coefficient (Wildman–Crippen LogP) is 3.92. The van der Waals surface area contributed by atoms with Crippen molar-refractivity contribution in [3.8, 4) is 0 Å².